The molecule has 5 rings (SSSR count). The van der Waals surface area contributed by atoms with E-state index < -0.39 is 0 Å². The van der Waals surface area contributed by atoms with Crippen LogP contribution >= 0.6 is 11.8 Å². The normalized spacial score (nSPS) is 11.2. The molecule has 6 nitrogen and oxygen atoms in total. The molecule has 1 amide bonds. The van der Waals surface area contributed by atoms with Gasteiger partial charge < -0.3 is 5.32 Å². The molecule has 0 aliphatic carbocycles. The van der Waals surface area contributed by atoms with Crippen LogP contribution in [-0.4, -0.2) is 31.2 Å². The maximum absolute atomic E-state index is 12.6. The van der Waals surface area contributed by atoms with Crippen molar-refractivity contribution in [3.63, 3.8) is 0 Å². The molecule has 1 N–H and O–H groups in total. The highest BCUT2D eigenvalue weighted by atomic mass is 32.2. The summed E-state index contributed by atoms with van der Waals surface area (Å²) in [5.74, 6) is 0.886. The first kappa shape index (κ1) is 20.2. The van der Waals surface area contributed by atoms with Crippen molar-refractivity contribution in [2.75, 3.05) is 11.1 Å². The Hall–Kier alpha value is -3.71. The number of fused-ring (bicyclic) bond motifs is 3. The highest BCUT2D eigenvalue weighted by molar-refractivity contribution is 8.00. The van der Waals surface area contributed by atoms with Gasteiger partial charge in [-0.2, -0.15) is 0 Å². The van der Waals surface area contributed by atoms with Crippen molar-refractivity contribution in [3.05, 3.63) is 83.9 Å². The van der Waals surface area contributed by atoms with E-state index in [0.717, 1.165) is 33.7 Å². The van der Waals surface area contributed by atoms with Crippen LogP contribution in [0.1, 0.15) is 11.1 Å². The molecular formula is C25H21N5OS. The van der Waals surface area contributed by atoms with Gasteiger partial charge in [0.05, 0.1) is 16.8 Å². The number of benzene rings is 3. The Morgan fingerprint density at radius 3 is 2.53 bits per heavy atom. The predicted octanol–water partition coefficient (Wildman–Crippen LogP) is 5.29. The lowest BCUT2D eigenvalue weighted by Gasteiger charge is -2.09. The van der Waals surface area contributed by atoms with Crippen molar-refractivity contribution in [1.82, 2.24) is 19.6 Å². The van der Waals surface area contributed by atoms with E-state index in [1.54, 1.807) is 0 Å². The molecule has 7 heteroatoms. The number of hydrogen-bond acceptors (Lipinski definition) is 5. The number of hydrogen-bond donors (Lipinski definition) is 1. The Bertz CT molecular complexity index is 1450. The van der Waals surface area contributed by atoms with E-state index in [0.29, 0.717) is 10.7 Å². The summed E-state index contributed by atoms with van der Waals surface area (Å²) in [7, 11) is 0. The van der Waals surface area contributed by atoms with Gasteiger partial charge in [-0.15, -0.1) is 10.2 Å². The van der Waals surface area contributed by atoms with E-state index >= 15 is 0 Å². The number of aromatic nitrogens is 4. The van der Waals surface area contributed by atoms with Gasteiger partial charge in [0.1, 0.15) is 5.03 Å². The summed E-state index contributed by atoms with van der Waals surface area (Å²) in [6, 6.07) is 23.8. The van der Waals surface area contributed by atoms with Gasteiger partial charge in [-0.3, -0.25) is 9.20 Å². The van der Waals surface area contributed by atoms with Crippen molar-refractivity contribution in [3.8, 4) is 11.4 Å². The Labute approximate surface area is 189 Å². The average molecular weight is 440 g/mol. The number of nitrogens with zero attached hydrogens (tertiary/aromatic N) is 4. The minimum Gasteiger partial charge on any atom is -0.325 e. The number of amides is 1. The highest BCUT2D eigenvalue weighted by Gasteiger charge is 2.17. The van der Waals surface area contributed by atoms with Crippen LogP contribution in [0.4, 0.5) is 5.69 Å². The van der Waals surface area contributed by atoms with Crippen molar-refractivity contribution in [2.45, 2.75) is 18.9 Å². The van der Waals surface area contributed by atoms with Gasteiger partial charge in [0.25, 0.3) is 0 Å². The lowest BCUT2D eigenvalue weighted by atomic mass is 10.1. The molecule has 2 heterocycles. The average Bonchev–Trinajstić information content (AvgIpc) is 3.26. The predicted molar refractivity (Wildman–Crippen MR) is 129 cm³/mol. The molecule has 0 atom stereocenters. The van der Waals surface area contributed by atoms with Gasteiger partial charge >= 0.3 is 0 Å². The van der Waals surface area contributed by atoms with E-state index in [-0.39, 0.29) is 11.7 Å². The van der Waals surface area contributed by atoms with Crippen molar-refractivity contribution in [2.24, 2.45) is 0 Å². The molecule has 0 fully saturated rings. The number of nitrogens with one attached hydrogen (secondary N) is 1. The lowest BCUT2D eigenvalue weighted by molar-refractivity contribution is -0.113. The highest BCUT2D eigenvalue weighted by Crippen LogP contribution is 2.29. The number of aryl methyl sites for hydroxylation is 2. The zero-order chi connectivity index (χ0) is 22.1. The number of thioether (sulfide) groups is 1. The fourth-order valence-corrected chi connectivity index (χ4v) is 4.34. The second kappa shape index (κ2) is 8.43. The summed E-state index contributed by atoms with van der Waals surface area (Å²) in [5, 5.41) is 12.5. The first-order valence-electron chi connectivity index (χ1n) is 10.3. The van der Waals surface area contributed by atoms with E-state index in [4.69, 9.17) is 4.98 Å². The molecule has 0 aliphatic heterocycles. The van der Waals surface area contributed by atoms with Crippen molar-refractivity contribution >= 4 is 40.0 Å². The van der Waals surface area contributed by atoms with E-state index in [1.807, 2.05) is 84.1 Å². The summed E-state index contributed by atoms with van der Waals surface area (Å²) in [4.78, 5) is 17.4. The molecule has 5 aromatic rings. The quantitative estimate of drug-likeness (QED) is 0.377. The molecule has 0 spiro atoms. The standard InChI is InChI=1S/C25H21N5OS/c1-16-12-13-19(14-17(16)2)26-22(31)15-32-25-24-29-28-23(18-8-4-3-5-9-18)30(24)21-11-7-6-10-20(21)27-25/h3-14H,15H2,1-2H3,(H,26,31). The lowest BCUT2D eigenvalue weighted by Crippen LogP contribution is -2.14. The van der Waals surface area contributed by atoms with Crippen LogP contribution in [-0.2, 0) is 4.79 Å². The van der Waals surface area contributed by atoms with Crippen LogP contribution in [0.25, 0.3) is 28.1 Å². The summed E-state index contributed by atoms with van der Waals surface area (Å²) in [5.41, 5.74) is 6.51. The molecule has 0 aliphatic rings. The van der Waals surface area contributed by atoms with Crippen LogP contribution in [0.2, 0.25) is 0 Å². The number of rotatable bonds is 5. The molecule has 0 unspecified atom stereocenters. The Morgan fingerprint density at radius 2 is 1.72 bits per heavy atom. The van der Waals surface area contributed by atoms with E-state index in [9.17, 15) is 4.79 Å². The molecule has 0 bridgehead atoms. The SMILES string of the molecule is Cc1ccc(NC(=O)CSc2nc3ccccc3n3c(-c4ccccc4)nnc23)cc1C. The minimum absolute atomic E-state index is 0.0887. The molecule has 32 heavy (non-hydrogen) atoms. The Balaban J connectivity index is 1.48. The van der Waals surface area contributed by atoms with Gasteiger partial charge in [0, 0.05) is 11.3 Å². The first-order chi connectivity index (χ1) is 15.6. The van der Waals surface area contributed by atoms with Crippen LogP contribution < -0.4 is 5.32 Å². The van der Waals surface area contributed by atoms with Gasteiger partial charge in [-0.25, -0.2) is 4.98 Å². The van der Waals surface area contributed by atoms with Crippen molar-refractivity contribution < 1.29 is 4.79 Å². The molecular weight excluding hydrogens is 418 g/mol. The number of carbonyl (C=O) groups excluding carboxylic acids is 1. The molecule has 2 aromatic heterocycles. The van der Waals surface area contributed by atoms with Crippen LogP contribution in [0.5, 0.6) is 0 Å². The van der Waals surface area contributed by atoms with Crippen molar-refractivity contribution in [1.29, 1.82) is 0 Å². The number of carbonyl (C=O) groups is 1. The molecule has 0 saturated heterocycles. The maximum Gasteiger partial charge on any atom is 0.234 e. The third-order valence-electron chi connectivity index (χ3n) is 5.36. The van der Waals surface area contributed by atoms with E-state index in [2.05, 4.69) is 22.4 Å². The summed E-state index contributed by atoms with van der Waals surface area (Å²) in [6.07, 6.45) is 0. The van der Waals surface area contributed by atoms with Gasteiger partial charge in [-0.05, 0) is 49.2 Å². The Morgan fingerprint density at radius 1 is 0.938 bits per heavy atom. The summed E-state index contributed by atoms with van der Waals surface area (Å²) in [6.45, 7) is 4.08. The minimum atomic E-state index is -0.0887. The van der Waals surface area contributed by atoms with Crippen LogP contribution in [0.3, 0.4) is 0 Å². The third kappa shape index (κ3) is 3.83. The zero-order valence-corrected chi connectivity index (χ0v) is 18.6. The second-order valence-corrected chi connectivity index (χ2v) is 8.55. The second-order valence-electron chi connectivity index (χ2n) is 7.59. The molecule has 3 aromatic carbocycles. The van der Waals surface area contributed by atoms with Crippen LogP contribution in [0.15, 0.2) is 77.8 Å². The summed E-state index contributed by atoms with van der Waals surface area (Å²) >= 11 is 1.36. The third-order valence-corrected chi connectivity index (χ3v) is 6.32. The monoisotopic (exact) mass is 439 g/mol. The van der Waals surface area contributed by atoms with E-state index in [1.165, 1.54) is 17.3 Å². The smallest absolute Gasteiger partial charge is 0.234 e. The fourth-order valence-electron chi connectivity index (χ4n) is 3.58. The molecule has 158 valence electrons. The fraction of sp³-hybridized carbons (Fsp3) is 0.120. The first-order valence-corrected chi connectivity index (χ1v) is 11.3. The maximum atomic E-state index is 12.6. The number of anilines is 1. The Kier molecular flexibility index (Phi) is 5.33. The van der Waals surface area contributed by atoms with Gasteiger partial charge in [-0.1, -0.05) is 60.3 Å². The summed E-state index contributed by atoms with van der Waals surface area (Å²) < 4.78 is 2.02. The molecule has 0 saturated carbocycles. The van der Waals surface area contributed by atoms with Gasteiger partial charge in [0.15, 0.2) is 11.5 Å². The largest absolute Gasteiger partial charge is 0.325 e. The van der Waals surface area contributed by atoms with Gasteiger partial charge in [0.2, 0.25) is 5.91 Å². The van der Waals surface area contributed by atoms with Crippen LogP contribution in [0, 0.1) is 13.8 Å². The topological polar surface area (TPSA) is 72.2 Å². The molecule has 0 radical (unpaired) electrons. The number of para-hydroxylation sites is 2. The zero-order valence-electron chi connectivity index (χ0n) is 17.7.